The van der Waals surface area contributed by atoms with E-state index in [1.807, 2.05) is 26.0 Å². The summed E-state index contributed by atoms with van der Waals surface area (Å²) in [5.74, 6) is 0.0899. The molecule has 0 fully saturated rings. The second-order valence-corrected chi connectivity index (χ2v) is 6.49. The summed E-state index contributed by atoms with van der Waals surface area (Å²) in [6.45, 7) is 3.88. The normalized spacial score (nSPS) is 10.5. The molecule has 1 aromatic heterocycles. The fourth-order valence-electron chi connectivity index (χ4n) is 2.61. The first-order valence-corrected chi connectivity index (χ1v) is 8.70. The maximum atomic E-state index is 12.3. The van der Waals surface area contributed by atoms with Crippen molar-refractivity contribution in [2.24, 2.45) is 0 Å². The molecule has 0 atom stereocenters. The summed E-state index contributed by atoms with van der Waals surface area (Å²) in [5, 5.41) is 18.4. The lowest BCUT2D eigenvalue weighted by Crippen LogP contribution is -2.15. The van der Waals surface area contributed by atoms with E-state index in [0.717, 1.165) is 11.1 Å². The van der Waals surface area contributed by atoms with Gasteiger partial charge in [-0.15, -0.1) is 0 Å². The smallest absolute Gasteiger partial charge is 0.292 e. The maximum absolute atomic E-state index is 12.3. The Morgan fingerprint density at radius 1 is 1.25 bits per heavy atom. The number of nitrogens with zero attached hydrogens (tertiary/aromatic N) is 3. The molecule has 1 amide bonds. The molecule has 2 aromatic carbocycles. The number of amides is 1. The van der Waals surface area contributed by atoms with Crippen LogP contribution in [-0.4, -0.2) is 20.6 Å². The Morgan fingerprint density at radius 2 is 1.93 bits per heavy atom. The van der Waals surface area contributed by atoms with Crippen LogP contribution in [0.25, 0.3) is 0 Å². The number of para-hydroxylation sites is 2. The van der Waals surface area contributed by atoms with E-state index in [0.29, 0.717) is 10.8 Å². The highest BCUT2D eigenvalue weighted by Gasteiger charge is 2.17. The Hall–Kier alpha value is -3.39. The molecule has 3 rings (SSSR count). The first-order valence-electron chi connectivity index (χ1n) is 8.33. The van der Waals surface area contributed by atoms with Crippen molar-refractivity contribution in [1.82, 2.24) is 9.78 Å². The van der Waals surface area contributed by atoms with Gasteiger partial charge in [0.2, 0.25) is 0 Å². The van der Waals surface area contributed by atoms with E-state index in [-0.39, 0.29) is 23.8 Å². The molecule has 1 N–H and O–H groups in total. The Kier molecular flexibility index (Phi) is 5.60. The molecule has 0 aliphatic rings. The van der Waals surface area contributed by atoms with Crippen LogP contribution >= 0.6 is 11.6 Å². The standard InChI is InChI=1S/C19H17ClN4O4/c1-12-9-14(10-13(2)18(12)20)28-11-23-8-7-16(22-23)19(25)21-15-5-3-4-6-17(15)24(26)27/h3-10H,11H2,1-2H3,(H,21,25). The molecule has 0 bridgehead atoms. The first-order chi connectivity index (χ1) is 13.3. The number of aromatic nitrogens is 2. The molecular formula is C19H17ClN4O4. The molecule has 9 heteroatoms. The number of carbonyl (C=O) groups excluding carboxylic acids is 1. The number of aryl methyl sites for hydroxylation is 2. The SMILES string of the molecule is Cc1cc(OCn2ccc(C(=O)Nc3ccccc3[N+](=O)[O-])n2)cc(C)c1Cl. The van der Waals surface area contributed by atoms with Gasteiger partial charge in [-0.2, -0.15) is 5.10 Å². The first kappa shape index (κ1) is 19.4. The van der Waals surface area contributed by atoms with E-state index < -0.39 is 10.8 Å². The van der Waals surface area contributed by atoms with Gasteiger partial charge in [-0.3, -0.25) is 14.9 Å². The summed E-state index contributed by atoms with van der Waals surface area (Å²) in [4.78, 5) is 22.8. The quantitative estimate of drug-likeness (QED) is 0.489. The van der Waals surface area contributed by atoms with Crippen LogP contribution in [0.3, 0.4) is 0 Å². The predicted molar refractivity (Wildman–Crippen MR) is 105 cm³/mol. The number of nitro benzene ring substituents is 1. The van der Waals surface area contributed by atoms with Crippen molar-refractivity contribution in [2.45, 2.75) is 20.6 Å². The van der Waals surface area contributed by atoms with Gasteiger partial charge in [-0.25, -0.2) is 4.68 Å². The van der Waals surface area contributed by atoms with E-state index in [9.17, 15) is 14.9 Å². The van der Waals surface area contributed by atoms with Crippen LogP contribution in [0.5, 0.6) is 5.75 Å². The molecule has 1 heterocycles. The Balaban J connectivity index is 1.67. The topological polar surface area (TPSA) is 99.3 Å². The monoisotopic (exact) mass is 400 g/mol. The van der Waals surface area contributed by atoms with Crippen molar-refractivity contribution in [2.75, 3.05) is 5.32 Å². The molecule has 0 saturated carbocycles. The lowest BCUT2D eigenvalue weighted by atomic mass is 10.1. The minimum atomic E-state index is -0.557. The second kappa shape index (κ2) is 8.10. The molecule has 0 aliphatic heterocycles. The molecular weight excluding hydrogens is 384 g/mol. The number of halogens is 1. The molecule has 0 spiro atoms. The Labute approximate surface area is 165 Å². The number of nitrogens with one attached hydrogen (secondary N) is 1. The summed E-state index contributed by atoms with van der Waals surface area (Å²) in [5.41, 5.74) is 1.84. The van der Waals surface area contributed by atoms with Crippen molar-refractivity contribution in [3.63, 3.8) is 0 Å². The number of rotatable bonds is 6. The maximum Gasteiger partial charge on any atom is 0.292 e. The van der Waals surface area contributed by atoms with Gasteiger partial charge in [-0.1, -0.05) is 23.7 Å². The van der Waals surface area contributed by atoms with Gasteiger partial charge in [0.05, 0.1) is 4.92 Å². The predicted octanol–water partition coefficient (Wildman–Crippen LogP) is 4.35. The number of carbonyl (C=O) groups is 1. The minimum absolute atomic E-state index is 0.0965. The lowest BCUT2D eigenvalue weighted by molar-refractivity contribution is -0.383. The number of benzene rings is 2. The van der Waals surface area contributed by atoms with E-state index in [4.69, 9.17) is 16.3 Å². The zero-order chi connectivity index (χ0) is 20.3. The van der Waals surface area contributed by atoms with Crippen molar-refractivity contribution >= 4 is 28.9 Å². The van der Waals surface area contributed by atoms with Gasteiger partial charge in [0, 0.05) is 17.3 Å². The average Bonchev–Trinajstić information content (AvgIpc) is 3.14. The molecule has 8 nitrogen and oxygen atoms in total. The van der Waals surface area contributed by atoms with Crippen LogP contribution in [-0.2, 0) is 6.73 Å². The minimum Gasteiger partial charge on any atom is -0.471 e. The van der Waals surface area contributed by atoms with Gasteiger partial charge in [0.15, 0.2) is 12.4 Å². The average molecular weight is 401 g/mol. The number of nitro groups is 1. The van der Waals surface area contributed by atoms with Crippen LogP contribution in [0.15, 0.2) is 48.7 Å². The zero-order valence-electron chi connectivity index (χ0n) is 15.2. The third-order valence-corrected chi connectivity index (χ3v) is 4.59. The lowest BCUT2D eigenvalue weighted by Gasteiger charge is -2.10. The van der Waals surface area contributed by atoms with E-state index in [1.165, 1.54) is 28.9 Å². The van der Waals surface area contributed by atoms with Crippen LogP contribution < -0.4 is 10.1 Å². The molecule has 3 aromatic rings. The highest BCUT2D eigenvalue weighted by atomic mass is 35.5. The van der Waals surface area contributed by atoms with Gasteiger partial charge in [0.1, 0.15) is 11.4 Å². The molecule has 0 aliphatic carbocycles. The van der Waals surface area contributed by atoms with Crippen molar-refractivity contribution in [1.29, 1.82) is 0 Å². The Morgan fingerprint density at radius 3 is 2.61 bits per heavy atom. The fraction of sp³-hybridized carbons (Fsp3) is 0.158. The van der Waals surface area contributed by atoms with Gasteiger partial charge in [-0.05, 0) is 49.2 Å². The zero-order valence-corrected chi connectivity index (χ0v) is 15.9. The van der Waals surface area contributed by atoms with Gasteiger partial charge >= 0.3 is 0 Å². The molecule has 28 heavy (non-hydrogen) atoms. The third-order valence-electron chi connectivity index (χ3n) is 4.00. The Bertz CT molecular complexity index is 1020. The summed E-state index contributed by atoms with van der Waals surface area (Å²) < 4.78 is 7.14. The number of anilines is 1. The highest BCUT2D eigenvalue weighted by Crippen LogP contribution is 2.26. The van der Waals surface area contributed by atoms with E-state index in [2.05, 4.69) is 10.4 Å². The van der Waals surface area contributed by atoms with Gasteiger partial charge in [0.25, 0.3) is 11.6 Å². The summed E-state index contributed by atoms with van der Waals surface area (Å²) in [7, 11) is 0. The fourth-order valence-corrected chi connectivity index (χ4v) is 2.72. The molecule has 0 unspecified atom stereocenters. The summed E-state index contributed by atoms with van der Waals surface area (Å²) in [6, 6.07) is 11.1. The van der Waals surface area contributed by atoms with Crippen LogP contribution in [0.1, 0.15) is 21.6 Å². The van der Waals surface area contributed by atoms with E-state index >= 15 is 0 Å². The second-order valence-electron chi connectivity index (χ2n) is 6.11. The highest BCUT2D eigenvalue weighted by molar-refractivity contribution is 6.32. The van der Waals surface area contributed by atoms with Gasteiger partial charge < -0.3 is 10.1 Å². The van der Waals surface area contributed by atoms with Crippen LogP contribution in [0, 0.1) is 24.0 Å². The third kappa shape index (κ3) is 4.29. The number of hydrogen-bond donors (Lipinski definition) is 1. The molecule has 0 radical (unpaired) electrons. The van der Waals surface area contributed by atoms with E-state index in [1.54, 1.807) is 12.3 Å². The molecule has 144 valence electrons. The van der Waals surface area contributed by atoms with Crippen LogP contribution in [0.2, 0.25) is 5.02 Å². The van der Waals surface area contributed by atoms with Crippen molar-refractivity contribution in [3.05, 3.63) is 80.6 Å². The van der Waals surface area contributed by atoms with Crippen molar-refractivity contribution < 1.29 is 14.5 Å². The van der Waals surface area contributed by atoms with Crippen molar-refractivity contribution in [3.8, 4) is 5.75 Å². The summed E-state index contributed by atoms with van der Waals surface area (Å²) in [6.07, 6.45) is 1.59. The number of ether oxygens (including phenoxy) is 1. The van der Waals surface area contributed by atoms with Crippen LogP contribution in [0.4, 0.5) is 11.4 Å². The summed E-state index contributed by atoms with van der Waals surface area (Å²) >= 11 is 6.14. The largest absolute Gasteiger partial charge is 0.471 e. The molecule has 0 saturated heterocycles. The number of hydrogen-bond acceptors (Lipinski definition) is 5.